The molecule has 0 aliphatic heterocycles. The second-order valence-electron chi connectivity index (χ2n) is 4.74. The number of aromatic nitrogens is 2. The first-order chi connectivity index (χ1) is 9.07. The maximum atomic E-state index is 13.2. The number of benzene rings is 1. The van der Waals surface area contributed by atoms with Crippen molar-refractivity contribution in [3.63, 3.8) is 0 Å². The van der Waals surface area contributed by atoms with Gasteiger partial charge in [-0.1, -0.05) is 6.07 Å². The average Bonchev–Trinajstić information content (AvgIpc) is 2.85. The third kappa shape index (κ3) is 2.00. The number of fused-ring (bicyclic) bond motifs is 1. The lowest BCUT2D eigenvalue weighted by atomic mass is 9.88. The molecule has 0 radical (unpaired) electrons. The molecule has 1 unspecified atom stereocenters. The van der Waals surface area contributed by atoms with E-state index in [-0.39, 0.29) is 0 Å². The van der Waals surface area contributed by atoms with E-state index in [1.807, 2.05) is 30.5 Å². The largest absolute Gasteiger partial charge is 0.381 e. The van der Waals surface area contributed by atoms with E-state index in [0.717, 1.165) is 17.1 Å². The summed E-state index contributed by atoms with van der Waals surface area (Å²) in [5.74, 6) is -0.458. The first-order valence-electron chi connectivity index (χ1n) is 5.98. The molecule has 4 heteroatoms. The summed E-state index contributed by atoms with van der Waals surface area (Å²) in [4.78, 5) is 6.88. The topological polar surface area (TPSA) is 48.9 Å². The molecule has 19 heavy (non-hydrogen) atoms. The number of pyridine rings is 1. The quantitative estimate of drug-likeness (QED) is 0.740. The van der Waals surface area contributed by atoms with Gasteiger partial charge in [-0.05, 0) is 42.1 Å². The van der Waals surface area contributed by atoms with Crippen LogP contribution in [0.15, 0.2) is 48.9 Å². The van der Waals surface area contributed by atoms with Crippen molar-refractivity contribution in [2.24, 2.45) is 0 Å². The molecule has 2 aromatic heterocycles. The van der Waals surface area contributed by atoms with Crippen molar-refractivity contribution in [3.8, 4) is 0 Å². The lowest BCUT2D eigenvalue weighted by Crippen LogP contribution is -2.23. The highest BCUT2D eigenvalue weighted by molar-refractivity contribution is 5.80. The van der Waals surface area contributed by atoms with Crippen LogP contribution in [0.4, 0.5) is 4.39 Å². The van der Waals surface area contributed by atoms with Crippen LogP contribution >= 0.6 is 0 Å². The van der Waals surface area contributed by atoms with Crippen LogP contribution in [-0.4, -0.2) is 15.1 Å². The Morgan fingerprint density at radius 2 is 2.00 bits per heavy atom. The standard InChI is InChI=1S/C15H13FN2O/c1-15(19,12-7-13(16)9-17-8-12)11-2-3-14-10(6-11)4-5-18-14/h2-9,18-19H,1H3. The van der Waals surface area contributed by atoms with Gasteiger partial charge in [-0.3, -0.25) is 4.98 Å². The highest BCUT2D eigenvalue weighted by Crippen LogP contribution is 2.30. The van der Waals surface area contributed by atoms with Gasteiger partial charge >= 0.3 is 0 Å². The normalized spacial score (nSPS) is 14.5. The molecule has 1 atom stereocenters. The third-order valence-corrected chi connectivity index (χ3v) is 3.38. The molecule has 0 aliphatic rings. The summed E-state index contributed by atoms with van der Waals surface area (Å²) < 4.78 is 13.2. The van der Waals surface area contributed by atoms with Crippen LogP contribution in [0, 0.1) is 5.82 Å². The van der Waals surface area contributed by atoms with Gasteiger partial charge in [0.1, 0.15) is 11.4 Å². The molecule has 0 saturated heterocycles. The van der Waals surface area contributed by atoms with Gasteiger partial charge in [0.2, 0.25) is 0 Å². The van der Waals surface area contributed by atoms with Crippen molar-refractivity contribution < 1.29 is 9.50 Å². The van der Waals surface area contributed by atoms with Crippen molar-refractivity contribution in [3.05, 3.63) is 65.9 Å². The number of aromatic amines is 1. The number of halogens is 1. The van der Waals surface area contributed by atoms with E-state index in [2.05, 4.69) is 9.97 Å². The number of nitrogens with zero attached hydrogens (tertiary/aromatic N) is 1. The minimum atomic E-state index is -1.28. The molecule has 0 aliphatic carbocycles. The van der Waals surface area contributed by atoms with E-state index in [4.69, 9.17) is 0 Å². The van der Waals surface area contributed by atoms with Crippen molar-refractivity contribution in [2.45, 2.75) is 12.5 Å². The SMILES string of the molecule is CC(O)(c1cncc(F)c1)c1ccc2[nH]ccc2c1. The van der Waals surface area contributed by atoms with E-state index < -0.39 is 11.4 Å². The molecule has 0 spiro atoms. The molecule has 2 heterocycles. The van der Waals surface area contributed by atoms with Crippen LogP contribution in [0.25, 0.3) is 10.9 Å². The number of H-pyrrole nitrogens is 1. The predicted molar refractivity (Wildman–Crippen MR) is 71.2 cm³/mol. The Morgan fingerprint density at radius 3 is 2.79 bits per heavy atom. The van der Waals surface area contributed by atoms with Gasteiger partial charge in [-0.15, -0.1) is 0 Å². The zero-order valence-corrected chi connectivity index (χ0v) is 10.4. The Labute approximate surface area is 109 Å². The summed E-state index contributed by atoms with van der Waals surface area (Å²) in [7, 11) is 0. The molecular weight excluding hydrogens is 243 g/mol. The highest BCUT2D eigenvalue weighted by Gasteiger charge is 2.26. The van der Waals surface area contributed by atoms with Crippen molar-refractivity contribution in [1.29, 1.82) is 0 Å². The molecule has 3 aromatic rings. The van der Waals surface area contributed by atoms with E-state index >= 15 is 0 Å². The van der Waals surface area contributed by atoms with Gasteiger partial charge in [-0.2, -0.15) is 0 Å². The predicted octanol–water partition coefficient (Wildman–Crippen LogP) is 2.96. The zero-order chi connectivity index (χ0) is 13.5. The maximum Gasteiger partial charge on any atom is 0.141 e. The Bertz CT molecular complexity index is 734. The third-order valence-electron chi connectivity index (χ3n) is 3.38. The molecule has 0 amide bonds. The van der Waals surface area contributed by atoms with Crippen molar-refractivity contribution in [1.82, 2.24) is 9.97 Å². The number of hydrogen-bond donors (Lipinski definition) is 2. The molecular formula is C15H13FN2O. The zero-order valence-electron chi connectivity index (χ0n) is 10.4. The van der Waals surface area contributed by atoms with E-state index in [1.54, 1.807) is 6.92 Å². The average molecular weight is 256 g/mol. The summed E-state index contributed by atoms with van der Waals surface area (Å²) in [6.45, 7) is 1.64. The highest BCUT2D eigenvalue weighted by atomic mass is 19.1. The van der Waals surface area contributed by atoms with Gasteiger partial charge in [0, 0.05) is 23.5 Å². The van der Waals surface area contributed by atoms with E-state index in [1.165, 1.54) is 12.3 Å². The molecule has 2 N–H and O–H groups in total. The van der Waals surface area contributed by atoms with Gasteiger partial charge in [0.25, 0.3) is 0 Å². The summed E-state index contributed by atoms with van der Waals surface area (Å²) >= 11 is 0. The van der Waals surface area contributed by atoms with Gasteiger partial charge in [0.05, 0.1) is 6.20 Å². The second-order valence-corrected chi connectivity index (χ2v) is 4.74. The minimum absolute atomic E-state index is 0.433. The monoisotopic (exact) mass is 256 g/mol. The van der Waals surface area contributed by atoms with Crippen LogP contribution in [0.1, 0.15) is 18.1 Å². The Kier molecular flexibility index (Phi) is 2.61. The van der Waals surface area contributed by atoms with E-state index in [0.29, 0.717) is 11.1 Å². The summed E-state index contributed by atoms with van der Waals surface area (Å²) in [5, 5.41) is 11.7. The number of nitrogens with one attached hydrogen (secondary N) is 1. The van der Waals surface area contributed by atoms with Gasteiger partial charge in [-0.25, -0.2) is 4.39 Å². The lowest BCUT2D eigenvalue weighted by Gasteiger charge is -2.24. The smallest absolute Gasteiger partial charge is 0.141 e. The van der Waals surface area contributed by atoms with Crippen LogP contribution < -0.4 is 0 Å². The Morgan fingerprint density at radius 1 is 1.16 bits per heavy atom. The number of aliphatic hydroxyl groups is 1. The summed E-state index contributed by atoms with van der Waals surface area (Å²) in [6.07, 6.45) is 4.44. The first kappa shape index (κ1) is 11.9. The van der Waals surface area contributed by atoms with E-state index in [9.17, 15) is 9.50 Å². The number of rotatable bonds is 2. The fraction of sp³-hybridized carbons (Fsp3) is 0.133. The van der Waals surface area contributed by atoms with Crippen molar-refractivity contribution in [2.75, 3.05) is 0 Å². The van der Waals surface area contributed by atoms with Crippen LogP contribution in [0.5, 0.6) is 0 Å². The summed E-state index contributed by atoms with van der Waals surface area (Å²) in [6, 6.07) is 8.83. The number of hydrogen-bond acceptors (Lipinski definition) is 2. The fourth-order valence-corrected chi connectivity index (χ4v) is 2.20. The molecule has 0 fully saturated rings. The molecule has 3 rings (SSSR count). The Balaban J connectivity index is 2.12. The molecule has 1 aromatic carbocycles. The maximum absolute atomic E-state index is 13.2. The van der Waals surface area contributed by atoms with Gasteiger partial charge < -0.3 is 10.1 Å². The lowest BCUT2D eigenvalue weighted by molar-refractivity contribution is 0.102. The molecule has 96 valence electrons. The van der Waals surface area contributed by atoms with Crippen LogP contribution in [0.2, 0.25) is 0 Å². The fourth-order valence-electron chi connectivity index (χ4n) is 2.20. The molecule has 0 bridgehead atoms. The first-order valence-corrected chi connectivity index (χ1v) is 5.98. The Hall–Kier alpha value is -2.20. The second kappa shape index (κ2) is 4.17. The van der Waals surface area contributed by atoms with Crippen LogP contribution in [0.3, 0.4) is 0 Å². The van der Waals surface area contributed by atoms with Crippen LogP contribution in [-0.2, 0) is 5.60 Å². The molecule has 3 nitrogen and oxygen atoms in total. The van der Waals surface area contributed by atoms with Crippen molar-refractivity contribution >= 4 is 10.9 Å². The summed E-state index contributed by atoms with van der Waals surface area (Å²) in [5.41, 5.74) is 0.854. The minimum Gasteiger partial charge on any atom is -0.381 e. The van der Waals surface area contributed by atoms with Gasteiger partial charge in [0.15, 0.2) is 0 Å². The molecule has 0 saturated carbocycles.